The van der Waals surface area contributed by atoms with Gasteiger partial charge in [0.15, 0.2) is 5.96 Å². The first kappa shape index (κ1) is 20.0. The van der Waals surface area contributed by atoms with E-state index >= 15 is 0 Å². The zero-order valence-electron chi connectivity index (χ0n) is 18.1. The topological polar surface area (TPSA) is 58.7 Å². The average molecular weight is 430 g/mol. The van der Waals surface area contributed by atoms with Gasteiger partial charge in [-0.25, -0.2) is 4.99 Å². The number of nitrogens with zero attached hydrogens (tertiary/aromatic N) is 2. The Morgan fingerprint density at radius 1 is 1.10 bits per heavy atom. The first-order valence-corrected chi connectivity index (χ1v) is 11.6. The molecule has 2 aliphatic rings. The first-order valence-electron chi connectivity index (χ1n) is 10.8. The van der Waals surface area contributed by atoms with Crippen LogP contribution in [0.3, 0.4) is 0 Å². The molecule has 1 fully saturated rings. The van der Waals surface area contributed by atoms with E-state index in [9.17, 15) is 4.79 Å². The highest BCUT2D eigenvalue weighted by molar-refractivity contribution is 7.10. The molecule has 0 unspecified atom stereocenters. The molecule has 0 spiro atoms. The van der Waals surface area contributed by atoms with Crippen molar-refractivity contribution in [3.63, 3.8) is 0 Å². The van der Waals surface area contributed by atoms with Crippen LogP contribution < -0.4 is 5.73 Å². The van der Waals surface area contributed by atoms with E-state index in [0.29, 0.717) is 5.92 Å². The molecule has 0 radical (unpaired) electrons. The van der Waals surface area contributed by atoms with Gasteiger partial charge in [-0.1, -0.05) is 48.5 Å². The Balaban J connectivity index is 1.60. The number of likely N-dealkylation sites (N-methyl/N-ethyl adjacent to an activating group) is 1. The maximum atomic E-state index is 13.5. The van der Waals surface area contributed by atoms with Gasteiger partial charge in [-0.15, -0.1) is 11.3 Å². The molecule has 3 aromatic rings. The summed E-state index contributed by atoms with van der Waals surface area (Å²) < 4.78 is 0. The summed E-state index contributed by atoms with van der Waals surface area (Å²) in [6.07, 6.45) is 2.53. The van der Waals surface area contributed by atoms with E-state index in [1.54, 1.807) is 18.4 Å². The zero-order chi connectivity index (χ0) is 21.8. The number of aliphatic imine (C=N–C) groups is 1. The monoisotopic (exact) mass is 429 g/mol. The number of benzene rings is 2. The molecule has 4 nitrogen and oxygen atoms in total. The molecule has 2 aromatic carbocycles. The molecule has 1 amide bonds. The van der Waals surface area contributed by atoms with Crippen LogP contribution >= 0.6 is 11.3 Å². The van der Waals surface area contributed by atoms with Gasteiger partial charge in [0.05, 0.1) is 5.92 Å². The van der Waals surface area contributed by atoms with Crippen LogP contribution in [-0.4, -0.2) is 23.8 Å². The Hall–Kier alpha value is -2.92. The highest BCUT2D eigenvalue weighted by Gasteiger charge is 2.48. The summed E-state index contributed by atoms with van der Waals surface area (Å²) in [6.45, 7) is 4.16. The normalized spacial score (nSPS) is 23.7. The third kappa shape index (κ3) is 3.37. The minimum absolute atomic E-state index is 0.0139. The minimum Gasteiger partial charge on any atom is -0.369 e. The number of carbonyl (C=O) groups is 1. The molecule has 0 bridgehead atoms. The van der Waals surface area contributed by atoms with Crippen molar-refractivity contribution in [1.29, 1.82) is 0 Å². The van der Waals surface area contributed by atoms with Crippen LogP contribution in [-0.2, 0) is 10.3 Å². The fourth-order valence-electron chi connectivity index (χ4n) is 4.61. The Labute approximate surface area is 187 Å². The van der Waals surface area contributed by atoms with Crippen molar-refractivity contribution in [2.75, 3.05) is 7.05 Å². The van der Waals surface area contributed by atoms with E-state index in [1.807, 2.05) is 6.92 Å². The predicted octanol–water partition coefficient (Wildman–Crippen LogP) is 5.39. The number of amides is 1. The van der Waals surface area contributed by atoms with Crippen LogP contribution in [0.2, 0.25) is 0 Å². The van der Waals surface area contributed by atoms with Crippen LogP contribution in [0.25, 0.3) is 11.1 Å². The van der Waals surface area contributed by atoms with E-state index in [-0.39, 0.29) is 11.9 Å². The molecule has 1 aliphatic heterocycles. The Morgan fingerprint density at radius 2 is 1.77 bits per heavy atom. The largest absolute Gasteiger partial charge is 0.369 e. The molecule has 158 valence electrons. The highest BCUT2D eigenvalue weighted by atomic mass is 32.1. The van der Waals surface area contributed by atoms with Gasteiger partial charge in [0.1, 0.15) is 5.54 Å². The second kappa shape index (κ2) is 7.34. The van der Waals surface area contributed by atoms with Gasteiger partial charge in [-0.05, 0) is 71.9 Å². The van der Waals surface area contributed by atoms with Crippen molar-refractivity contribution in [1.82, 2.24) is 4.90 Å². The molecule has 1 aliphatic carbocycles. The van der Waals surface area contributed by atoms with Crippen LogP contribution in [0, 0.1) is 6.92 Å². The van der Waals surface area contributed by atoms with Crippen molar-refractivity contribution in [2.45, 2.75) is 44.1 Å². The SMILES string of the molecule is Cc1ccccc1-c1csc([C@@]2(C)N=C(N)N(C)C(=O)[C@@H]2c2ccc(C3CC3)cc2)c1. The summed E-state index contributed by atoms with van der Waals surface area (Å²) in [7, 11) is 1.71. The van der Waals surface area contributed by atoms with Gasteiger partial charge in [0, 0.05) is 11.9 Å². The lowest BCUT2D eigenvalue weighted by atomic mass is 9.77. The lowest BCUT2D eigenvalue weighted by molar-refractivity contribution is -0.130. The summed E-state index contributed by atoms with van der Waals surface area (Å²) in [5, 5.41) is 2.16. The lowest BCUT2D eigenvalue weighted by Crippen LogP contribution is -2.52. The molecular formula is C26H27N3OS. The molecule has 2 heterocycles. The van der Waals surface area contributed by atoms with Crippen molar-refractivity contribution in [3.05, 3.63) is 81.5 Å². The van der Waals surface area contributed by atoms with Crippen LogP contribution in [0.4, 0.5) is 0 Å². The lowest BCUT2D eigenvalue weighted by Gasteiger charge is -2.40. The van der Waals surface area contributed by atoms with Crippen molar-refractivity contribution in [2.24, 2.45) is 10.7 Å². The van der Waals surface area contributed by atoms with Gasteiger partial charge < -0.3 is 5.73 Å². The maximum Gasteiger partial charge on any atom is 0.239 e. The highest BCUT2D eigenvalue weighted by Crippen LogP contribution is 2.48. The quantitative estimate of drug-likeness (QED) is 0.605. The van der Waals surface area contributed by atoms with E-state index in [4.69, 9.17) is 10.7 Å². The van der Waals surface area contributed by atoms with Gasteiger partial charge >= 0.3 is 0 Å². The van der Waals surface area contributed by atoms with E-state index in [1.165, 1.54) is 34.4 Å². The van der Waals surface area contributed by atoms with Crippen molar-refractivity contribution < 1.29 is 4.79 Å². The number of rotatable bonds is 4. The van der Waals surface area contributed by atoms with Gasteiger partial charge in [0.25, 0.3) is 0 Å². The summed E-state index contributed by atoms with van der Waals surface area (Å²) in [5.74, 6) is 0.526. The standard InChI is InChI=1S/C26H27N3OS/c1-16-6-4-5-7-21(16)20-14-22(31-15-20)26(2)23(24(30)29(3)25(27)28-26)19-12-10-18(11-13-19)17-8-9-17/h4-7,10-15,17,23H,8-9H2,1-3H3,(H2,27,28)/t23-,26+/m0/s1. The number of carbonyl (C=O) groups excluding carboxylic acids is 1. The smallest absolute Gasteiger partial charge is 0.239 e. The molecule has 1 saturated carbocycles. The fourth-order valence-corrected chi connectivity index (χ4v) is 5.65. The Kier molecular flexibility index (Phi) is 4.74. The molecule has 5 rings (SSSR count). The molecule has 2 N–H and O–H groups in total. The number of nitrogens with two attached hydrogens (primary N) is 1. The van der Waals surface area contributed by atoms with E-state index in [0.717, 1.165) is 16.0 Å². The summed E-state index contributed by atoms with van der Waals surface area (Å²) in [4.78, 5) is 20.9. The summed E-state index contributed by atoms with van der Waals surface area (Å²) in [6, 6.07) is 19.1. The van der Waals surface area contributed by atoms with Gasteiger partial charge in [-0.3, -0.25) is 9.69 Å². The predicted molar refractivity (Wildman–Crippen MR) is 127 cm³/mol. The van der Waals surface area contributed by atoms with E-state index < -0.39 is 11.5 Å². The number of hydrogen-bond donors (Lipinski definition) is 1. The Morgan fingerprint density at radius 3 is 2.45 bits per heavy atom. The van der Waals surface area contributed by atoms with Crippen molar-refractivity contribution >= 4 is 23.2 Å². The van der Waals surface area contributed by atoms with Crippen molar-refractivity contribution in [3.8, 4) is 11.1 Å². The Bertz CT molecular complexity index is 1180. The number of thiophene rings is 1. The van der Waals surface area contributed by atoms with Gasteiger partial charge in [0.2, 0.25) is 5.91 Å². The van der Waals surface area contributed by atoms with Gasteiger partial charge in [-0.2, -0.15) is 0 Å². The van der Waals surface area contributed by atoms with Crippen LogP contribution in [0.5, 0.6) is 0 Å². The summed E-state index contributed by atoms with van der Waals surface area (Å²) in [5.41, 5.74) is 11.4. The summed E-state index contributed by atoms with van der Waals surface area (Å²) >= 11 is 1.65. The van der Waals surface area contributed by atoms with Crippen LogP contribution in [0.1, 0.15) is 53.2 Å². The molecule has 1 aromatic heterocycles. The fraction of sp³-hybridized carbons (Fsp3) is 0.308. The number of aryl methyl sites for hydroxylation is 1. The third-order valence-corrected chi connectivity index (χ3v) is 7.86. The van der Waals surface area contributed by atoms with Crippen LogP contribution in [0.15, 0.2) is 65.0 Å². The molecule has 2 atom stereocenters. The van der Waals surface area contributed by atoms with E-state index in [2.05, 4.69) is 66.9 Å². The molecular weight excluding hydrogens is 402 g/mol. The number of hydrogen-bond acceptors (Lipinski definition) is 4. The molecule has 31 heavy (non-hydrogen) atoms. The minimum atomic E-state index is -0.750. The molecule has 0 saturated heterocycles. The first-order chi connectivity index (χ1) is 14.9. The third-order valence-electron chi connectivity index (χ3n) is 6.70. The number of guanidine groups is 1. The second-order valence-electron chi connectivity index (χ2n) is 8.90. The zero-order valence-corrected chi connectivity index (χ0v) is 18.9. The maximum absolute atomic E-state index is 13.5. The second-order valence-corrected chi connectivity index (χ2v) is 9.81. The average Bonchev–Trinajstić information content (AvgIpc) is 3.49. The molecule has 5 heteroatoms.